The highest BCUT2D eigenvalue weighted by molar-refractivity contribution is 7.91. The second-order valence-corrected chi connectivity index (χ2v) is 11.3. The van der Waals surface area contributed by atoms with Crippen LogP contribution in [0.25, 0.3) is 0 Å². The van der Waals surface area contributed by atoms with Gasteiger partial charge >= 0.3 is 0 Å². The van der Waals surface area contributed by atoms with Crippen molar-refractivity contribution in [2.75, 3.05) is 27.2 Å². The third-order valence-corrected chi connectivity index (χ3v) is 8.58. The second-order valence-electron chi connectivity index (χ2n) is 7.71. The van der Waals surface area contributed by atoms with E-state index < -0.39 is 10.0 Å². The number of nitrogens with one attached hydrogen (secondary N) is 1. The molecule has 1 N–H and O–H groups in total. The minimum absolute atomic E-state index is 0.0306. The number of likely N-dealkylation sites (tertiary alicyclic amines) is 1. The van der Waals surface area contributed by atoms with Gasteiger partial charge in [-0.2, -0.15) is 0 Å². The maximum absolute atomic E-state index is 12.2. The predicted octanol–water partition coefficient (Wildman–Crippen LogP) is 2.58. The first-order valence-corrected chi connectivity index (χ1v) is 10.8. The lowest BCUT2D eigenvalue weighted by Gasteiger charge is -2.62. The lowest BCUT2D eigenvalue weighted by Crippen LogP contribution is -2.72. The molecule has 1 saturated heterocycles. The van der Waals surface area contributed by atoms with E-state index in [2.05, 4.69) is 44.8 Å². The van der Waals surface area contributed by atoms with E-state index in [0.717, 1.165) is 23.9 Å². The fourth-order valence-electron chi connectivity index (χ4n) is 2.71. The Hall–Kier alpha value is -1.12. The highest BCUT2D eigenvalue weighted by Gasteiger charge is 2.53. The molecule has 25 heavy (non-hydrogen) atoms. The molecule has 8 heteroatoms. The van der Waals surface area contributed by atoms with Crippen molar-refractivity contribution in [1.29, 1.82) is 0 Å². The van der Waals surface area contributed by atoms with E-state index in [9.17, 15) is 8.42 Å². The molecule has 1 aromatic heterocycles. The van der Waals surface area contributed by atoms with Crippen LogP contribution in [0.2, 0.25) is 0 Å². The molecule has 0 unspecified atom stereocenters. The van der Waals surface area contributed by atoms with Gasteiger partial charge in [0.15, 0.2) is 5.96 Å². The topological polar surface area (TPSA) is 65.0 Å². The first-order valence-electron chi connectivity index (χ1n) is 8.50. The van der Waals surface area contributed by atoms with Crippen LogP contribution < -0.4 is 5.32 Å². The number of hydrogen-bond acceptors (Lipinski definition) is 4. The maximum Gasteiger partial charge on any atom is 0.252 e. The molecule has 0 radical (unpaired) electrons. The SMILES string of the molecule is CCNC(=NCc1ccc(S(=O)(=O)N(C)C)s1)N1CC(C)(C)C1(C)C. The minimum atomic E-state index is -3.37. The number of guanidine groups is 1. The molecule has 0 spiro atoms. The van der Waals surface area contributed by atoms with E-state index in [1.807, 2.05) is 6.07 Å². The van der Waals surface area contributed by atoms with Gasteiger partial charge in [0.1, 0.15) is 4.21 Å². The first kappa shape index (κ1) is 20.2. The summed E-state index contributed by atoms with van der Waals surface area (Å²) in [6.45, 7) is 13.3. The Bertz CT molecular complexity index is 748. The highest BCUT2D eigenvalue weighted by Crippen LogP contribution is 2.46. The molecule has 0 bridgehead atoms. The molecule has 2 heterocycles. The summed E-state index contributed by atoms with van der Waals surface area (Å²) in [5.41, 5.74) is 0.266. The van der Waals surface area contributed by atoms with E-state index in [1.54, 1.807) is 20.2 Å². The standard InChI is InChI=1S/C17H30N4O2S2/c1-8-18-15(21-12-16(2,3)17(21,4)5)19-11-13-9-10-14(24-13)25(22,23)20(6)7/h9-10H,8,11-12H2,1-7H3,(H,18,19). The summed E-state index contributed by atoms with van der Waals surface area (Å²) in [4.78, 5) is 7.97. The maximum atomic E-state index is 12.2. The van der Waals surface area contributed by atoms with Crippen molar-refractivity contribution in [3.8, 4) is 0 Å². The highest BCUT2D eigenvalue weighted by atomic mass is 32.2. The van der Waals surface area contributed by atoms with Gasteiger partial charge in [-0.15, -0.1) is 11.3 Å². The van der Waals surface area contributed by atoms with Crippen LogP contribution in [0.3, 0.4) is 0 Å². The zero-order chi connectivity index (χ0) is 19.0. The van der Waals surface area contributed by atoms with Gasteiger partial charge in [0.25, 0.3) is 10.0 Å². The largest absolute Gasteiger partial charge is 0.356 e. The molecule has 1 aromatic rings. The number of nitrogens with zero attached hydrogens (tertiary/aromatic N) is 3. The van der Waals surface area contributed by atoms with Crippen molar-refractivity contribution in [3.63, 3.8) is 0 Å². The third kappa shape index (κ3) is 3.71. The zero-order valence-electron chi connectivity index (χ0n) is 16.3. The van der Waals surface area contributed by atoms with Crippen molar-refractivity contribution in [3.05, 3.63) is 17.0 Å². The van der Waals surface area contributed by atoms with Crippen molar-refractivity contribution in [1.82, 2.24) is 14.5 Å². The molecule has 0 aliphatic carbocycles. The summed E-state index contributed by atoms with van der Waals surface area (Å²) >= 11 is 1.28. The zero-order valence-corrected chi connectivity index (χ0v) is 17.9. The van der Waals surface area contributed by atoms with E-state index >= 15 is 0 Å². The fourth-order valence-corrected chi connectivity index (χ4v) is 5.16. The molecule has 1 aliphatic heterocycles. The Morgan fingerprint density at radius 2 is 1.96 bits per heavy atom. The Morgan fingerprint density at radius 1 is 1.32 bits per heavy atom. The van der Waals surface area contributed by atoms with E-state index in [4.69, 9.17) is 4.99 Å². The van der Waals surface area contributed by atoms with Crippen LogP contribution in [-0.2, 0) is 16.6 Å². The first-order chi connectivity index (χ1) is 11.4. The van der Waals surface area contributed by atoms with E-state index in [-0.39, 0.29) is 11.0 Å². The van der Waals surface area contributed by atoms with E-state index in [0.29, 0.717) is 10.8 Å². The van der Waals surface area contributed by atoms with Crippen LogP contribution >= 0.6 is 11.3 Å². The number of thiophene rings is 1. The average molecular weight is 387 g/mol. The summed E-state index contributed by atoms with van der Waals surface area (Å²) in [5, 5.41) is 3.36. The molecule has 1 aliphatic rings. The quantitative estimate of drug-likeness (QED) is 0.624. The molecule has 0 amide bonds. The van der Waals surface area contributed by atoms with Gasteiger partial charge in [0, 0.05) is 43.0 Å². The number of sulfonamides is 1. The third-order valence-electron chi connectivity index (χ3n) is 5.23. The Morgan fingerprint density at radius 3 is 2.44 bits per heavy atom. The molecule has 142 valence electrons. The summed E-state index contributed by atoms with van der Waals surface area (Å²) in [5.74, 6) is 0.886. The van der Waals surface area contributed by atoms with Gasteiger partial charge in [0.05, 0.1) is 6.54 Å². The van der Waals surface area contributed by atoms with Gasteiger partial charge in [-0.25, -0.2) is 17.7 Å². The summed E-state index contributed by atoms with van der Waals surface area (Å²) < 4.78 is 26.0. The van der Waals surface area contributed by atoms with Gasteiger partial charge in [0.2, 0.25) is 0 Å². The van der Waals surface area contributed by atoms with E-state index in [1.165, 1.54) is 15.6 Å². The Labute approximate surface area is 156 Å². The van der Waals surface area contributed by atoms with Crippen molar-refractivity contribution < 1.29 is 8.42 Å². The number of rotatable bonds is 5. The van der Waals surface area contributed by atoms with Gasteiger partial charge in [-0.1, -0.05) is 13.8 Å². The summed E-state index contributed by atoms with van der Waals surface area (Å²) in [7, 11) is -0.280. The second kappa shape index (κ2) is 6.89. The molecule has 0 atom stereocenters. The van der Waals surface area contributed by atoms with Crippen LogP contribution in [0.15, 0.2) is 21.3 Å². The van der Waals surface area contributed by atoms with Crippen molar-refractivity contribution >= 4 is 27.3 Å². The molecule has 0 saturated carbocycles. The van der Waals surface area contributed by atoms with Crippen LogP contribution in [0.5, 0.6) is 0 Å². The van der Waals surface area contributed by atoms with Gasteiger partial charge in [-0.05, 0) is 32.9 Å². The summed E-state index contributed by atoms with van der Waals surface area (Å²) in [6.07, 6.45) is 0. The van der Waals surface area contributed by atoms with Gasteiger partial charge in [-0.3, -0.25) is 0 Å². The number of aliphatic imine (C=N–C) groups is 1. The lowest BCUT2D eigenvalue weighted by atomic mass is 9.65. The van der Waals surface area contributed by atoms with Crippen molar-refractivity contribution in [2.24, 2.45) is 10.4 Å². The summed E-state index contributed by atoms with van der Waals surface area (Å²) in [6, 6.07) is 3.51. The Balaban J connectivity index is 2.17. The minimum Gasteiger partial charge on any atom is -0.356 e. The predicted molar refractivity (Wildman–Crippen MR) is 105 cm³/mol. The van der Waals surface area contributed by atoms with Crippen LogP contribution in [0, 0.1) is 5.41 Å². The molecule has 2 rings (SSSR count). The van der Waals surface area contributed by atoms with Crippen LogP contribution in [0.1, 0.15) is 39.5 Å². The molecule has 0 aromatic carbocycles. The molecular formula is C17H30N4O2S2. The molecular weight excluding hydrogens is 356 g/mol. The average Bonchev–Trinajstić information content (AvgIpc) is 2.99. The van der Waals surface area contributed by atoms with Crippen LogP contribution in [0.4, 0.5) is 0 Å². The number of hydrogen-bond donors (Lipinski definition) is 1. The van der Waals surface area contributed by atoms with Crippen molar-refractivity contribution in [2.45, 2.75) is 50.9 Å². The van der Waals surface area contributed by atoms with Gasteiger partial charge < -0.3 is 10.2 Å². The monoisotopic (exact) mass is 386 g/mol. The Kier molecular flexibility index (Phi) is 5.56. The van der Waals surface area contributed by atoms with Crippen LogP contribution in [-0.4, -0.2) is 56.3 Å². The smallest absolute Gasteiger partial charge is 0.252 e. The fraction of sp³-hybridized carbons (Fsp3) is 0.706. The normalized spacial score (nSPS) is 19.8. The molecule has 1 fully saturated rings. The lowest BCUT2D eigenvalue weighted by molar-refractivity contribution is -0.0667. The molecule has 6 nitrogen and oxygen atoms in total.